The van der Waals surface area contributed by atoms with Crippen LogP contribution in [0.1, 0.15) is 101 Å². The number of nitrogens with one attached hydrogen (secondary N) is 11. The number of thiol groups is 2. The Labute approximate surface area is 603 Å². The van der Waals surface area contributed by atoms with Crippen LogP contribution in [0.5, 0.6) is 5.75 Å². The molecule has 2 aromatic rings. The lowest BCUT2D eigenvalue weighted by atomic mass is 9.82. The van der Waals surface area contributed by atoms with E-state index in [0.717, 1.165) is 6.42 Å². The van der Waals surface area contributed by atoms with Gasteiger partial charge >= 0.3 is 11.9 Å². The molecule has 41 nitrogen and oxygen atoms in total. The molecule has 10 atom stereocenters. The van der Waals surface area contributed by atoms with Crippen molar-refractivity contribution in [3.05, 3.63) is 48.0 Å². The van der Waals surface area contributed by atoms with Crippen LogP contribution in [0, 0.1) is 0 Å². The van der Waals surface area contributed by atoms with Crippen LogP contribution < -0.4 is 110 Å². The number of aliphatic hydroxyl groups is 1. The number of hydrogen-bond acceptors (Lipinski definition) is 22. The molecule has 10 amide bonds. The topological polar surface area (TPSA) is 707 Å². The quantitative estimate of drug-likeness (QED) is 0.0127. The third-order valence-corrected chi connectivity index (χ3v) is 16.8. The third kappa shape index (κ3) is 32.8. The van der Waals surface area contributed by atoms with E-state index in [1.54, 1.807) is 0 Å². The minimum Gasteiger partial charge on any atom is -0.497 e. The first-order valence-corrected chi connectivity index (χ1v) is 33.8. The molecule has 1 saturated carbocycles. The number of benzene rings is 1. The zero-order valence-corrected chi connectivity index (χ0v) is 58.8. The van der Waals surface area contributed by atoms with E-state index in [9.17, 15) is 72.9 Å². The molecule has 1 heterocycles. The van der Waals surface area contributed by atoms with Crippen LogP contribution in [0.4, 0.5) is 0 Å². The van der Waals surface area contributed by atoms with Gasteiger partial charge in [-0.05, 0) is 81.9 Å². The molecular weight excluding hydrogens is 1390 g/mol. The summed E-state index contributed by atoms with van der Waals surface area (Å²) in [5, 5.41) is 54.9. The van der Waals surface area contributed by atoms with Gasteiger partial charge in [-0.3, -0.25) is 72.7 Å². The number of imidazole rings is 1. The first kappa shape index (κ1) is 86.8. The van der Waals surface area contributed by atoms with Crippen LogP contribution in [0.15, 0.2) is 56.8 Å². The summed E-state index contributed by atoms with van der Waals surface area (Å²) in [7, 11) is 1.40. The highest BCUT2D eigenvalue weighted by Gasteiger charge is 2.44. The lowest BCUT2D eigenvalue weighted by Crippen LogP contribution is -2.64. The Kier molecular flexibility index (Phi) is 38.3. The van der Waals surface area contributed by atoms with E-state index in [-0.39, 0.29) is 119 Å². The Morgan fingerprint density at radius 1 is 0.544 bits per heavy atom. The van der Waals surface area contributed by atoms with Crippen LogP contribution in [0.25, 0.3) is 0 Å². The van der Waals surface area contributed by atoms with Crippen LogP contribution in [-0.2, 0) is 70.4 Å². The molecule has 0 saturated heterocycles. The Morgan fingerprint density at radius 2 is 0.981 bits per heavy atom. The molecule has 103 heavy (non-hydrogen) atoms. The number of nitrogens with two attached hydrogens (primary N) is 9. The van der Waals surface area contributed by atoms with E-state index < -0.39 is 156 Å². The van der Waals surface area contributed by atoms with E-state index in [1.807, 2.05) is 0 Å². The van der Waals surface area contributed by atoms with E-state index in [2.05, 4.69) is 95.7 Å². The van der Waals surface area contributed by atoms with Crippen LogP contribution in [-0.4, -0.2) is 237 Å². The summed E-state index contributed by atoms with van der Waals surface area (Å²) in [5.74, 6) is -14.2. The number of carbonyl (C=O) groups is 12. The first-order valence-electron chi connectivity index (χ1n) is 32.8. The molecule has 1 unspecified atom stereocenters. The number of hydrogen-bond donors (Lipinski definition) is 25. The fourth-order valence-electron chi connectivity index (χ4n) is 10.3. The summed E-state index contributed by atoms with van der Waals surface area (Å²) in [5.41, 5.74) is 50.4. The van der Waals surface area contributed by atoms with Gasteiger partial charge in [-0.2, -0.15) is 25.3 Å². The maximum atomic E-state index is 14.5. The number of nitrogens with zero attached hydrogens (tertiary/aromatic N) is 5. The third-order valence-electron chi connectivity index (χ3n) is 15.8. The predicted octanol–water partition coefficient (Wildman–Crippen LogP) is -8.66. The molecule has 43 heteroatoms. The van der Waals surface area contributed by atoms with Crippen molar-refractivity contribution in [2.24, 2.45) is 71.6 Å². The fourth-order valence-corrected chi connectivity index (χ4v) is 11.1. The number of carboxylic acid groups (broad SMARTS) is 2. The number of carbonyl (C=O) groups excluding carboxylic acids is 10. The van der Waals surface area contributed by atoms with Crippen molar-refractivity contribution >= 4 is 120 Å². The monoisotopic (exact) mass is 1490 g/mol. The molecule has 1 aliphatic carbocycles. The van der Waals surface area contributed by atoms with Crippen LogP contribution in [0.3, 0.4) is 0 Å². The van der Waals surface area contributed by atoms with Gasteiger partial charge in [-0.15, -0.1) is 0 Å². The van der Waals surface area contributed by atoms with Gasteiger partial charge < -0.3 is 130 Å². The Hall–Kier alpha value is -10.4. The van der Waals surface area contributed by atoms with Crippen molar-refractivity contribution < 1.29 is 77.6 Å². The summed E-state index contributed by atoms with van der Waals surface area (Å²) in [4.78, 5) is 187. The SMILES string of the molecule is COc1ccc(C[C@H](NC(=O)[C@H](CC(=O)O)NC(=O)CNC(=O)[C@H](CCCN=C(N)N)NC(=O)[C@H](Cc2cnc[nH]2)NC(=O)[C@H](CO)NC(=O)C(NC(=O)[C@@H](N)CCCN=C(N)N)C2(S)CCCCC2)C(=O)N[C@@H](CCCN=C(N)N)C(=O)N[C@@H](CS)C(=O)N[C@@H](CCCN=C(N)N)C(=O)O)cc1. The number of aliphatic carboxylic acids is 2. The molecule has 32 N–H and O–H groups in total. The number of guanidine groups is 4. The molecular formula is C60H99N25O16S2. The number of aromatic amines is 1. The second kappa shape index (κ2) is 45.4. The Balaban J connectivity index is 1.91. The molecule has 1 aliphatic rings. The van der Waals surface area contributed by atoms with Gasteiger partial charge in [0.1, 0.15) is 60.1 Å². The lowest BCUT2D eigenvalue weighted by Gasteiger charge is -2.40. The molecule has 1 aromatic heterocycles. The molecule has 0 spiro atoms. The van der Waals surface area contributed by atoms with E-state index in [1.165, 1.54) is 43.9 Å². The summed E-state index contributed by atoms with van der Waals surface area (Å²) < 4.78 is 4.13. The smallest absolute Gasteiger partial charge is 0.326 e. The van der Waals surface area contributed by atoms with Crippen molar-refractivity contribution in [2.75, 3.05) is 52.2 Å². The maximum Gasteiger partial charge on any atom is 0.326 e. The summed E-state index contributed by atoms with van der Waals surface area (Å²) in [6.45, 7) is -1.93. The number of carboxylic acids is 2. The highest BCUT2D eigenvalue weighted by Crippen LogP contribution is 2.37. The van der Waals surface area contributed by atoms with E-state index in [4.69, 9.17) is 69.0 Å². The van der Waals surface area contributed by atoms with Crippen LogP contribution in [0.2, 0.25) is 0 Å². The summed E-state index contributed by atoms with van der Waals surface area (Å²) >= 11 is 9.04. The highest BCUT2D eigenvalue weighted by molar-refractivity contribution is 7.82. The average molecular weight is 1490 g/mol. The lowest BCUT2D eigenvalue weighted by molar-refractivity contribution is -0.142. The minimum absolute atomic E-state index is 0.00804. The molecule has 0 radical (unpaired) electrons. The van der Waals surface area contributed by atoms with Gasteiger partial charge in [-0.25, -0.2) is 9.78 Å². The number of amides is 10. The number of methoxy groups -OCH3 is 1. The highest BCUT2D eigenvalue weighted by atomic mass is 32.1. The van der Waals surface area contributed by atoms with E-state index in [0.29, 0.717) is 43.4 Å². The normalized spacial score (nSPS) is 15.1. The van der Waals surface area contributed by atoms with Gasteiger partial charge in [0.15, 0.2) is 23.8 Å². The van der Waals surface area contributed by atoms with Gasteiger partial charge in [0.05, 0.1) is 39.1 Å². The minimum atomic E-state index is -1.98. The Morgan fingerprint density at radius 3 is 1.46 bits per heavy atom. The van der Waals surface area contributed by atoms with Crippen molar-refractivity contribution in [1.82, 2.24) is 63.1 Å². The first-order chi connectivity index (χ1) is 48.8. The second-order valence-electron chi connectivity index (χ2n) is 23.9. The molecule has 0 aliphatic heterocycles. The number of rotatable bonds is 47. The number of H-pyrrole nitrogens is 1. The summed E-state index contributed by atoms with van der Waals surface area (Å²) in [6, 6.07) is -9.43. The number of ether oxygens (including phenoxy) is 1. The molecule has 1 aromatic carbocycles. The van der Waals surface area contributed by atoms with Crippen molar-refractivity contribution in [1.29, 1.82) is 0 Å². The van der Waals surface area contributed by atoms with Gasteiger partial charge in [0.2, 0.25) is 59.1 Å². The zero-order chi connectivity index (χ0) is 76.8. The zero-order valence-electron chi connectivity index (χ0n) is 57.0. The average Bonchev–Trinajstić information content (AvgIpc) is 0.898. The fraction of sp³-hybridized carbons (Fsp3) is 0.583. The summed E-state index contributed by atoms with van der Waals surface area (Å²) in [6.07, 6.45) is 3.72. The molecule has 3 rings (SSSR count). The maximum absolute atomic E-state index is 14.5. The molecule has 572 valence electrons. The number of aliphatic imine (C=N–C) groups is 4. The number of aromatic nitrogens is 2. The molecule has 1 fully saturated rings. The largest absolute Gasteiger partial charge is 0.497 e. The number of aliphatic hydroxyl groups excluding tert-OH is 1. The molecule has 0 bridgehead atoms. The van der Waals surface area contributed by atoms with Crippen molar-refractivity contribution in [2.45, 2.75) is 168 Å². The van der Waals surface area contributed by atoms with Crippen molar-refractivity contribution in [3.63, 3.8) is 0 Å². The van der Waals surface area contributed by atoms with Crippen molar-refractivity contribution in [3.8, 4) is 5.75 Å². The van der Waals surface area contributed by atoms with Gasteiger partial charge in [0.25, 0.3) is 0 Å². The second-order valence-corrected chi connectivity index (χ2v) is 25.2. The Bertz CT molecular complexity index is 3270. The van der Waals surface area contributed by atoms with Gasteiger partial charge in [0, 0.05) is 61.4 Å². The van der Waals surface area contributed by atoms with Crippen LogP contribution >= 0.6 is 25.3 Å². The predicted molar refractivity (Wildman–Crippen MR) is 383 cm³/mol. The van der Waals surface area contributed by atoms with Gasteiger partial charge in [-0.1, -0.05) is 31.4 Å². The van der Waals surface area contributed by atoms with E-state index >= 15 is 0 Å². The standard InChI is InChI=1S/C60H99N25O16S2/c1-101-33-15-13-31(14-16-33)23-38(49(93)79-36(11-7-21-73-58(66)67)48(92)84-42(29-102)53(97)80-37(55(99)100)12-8-22-74-59(68)69)81-51(95)40(25-44(88)89)77-43(87)27-75-47(91)35(10-6-20-72-57(64)65)78-50(94)39(24-32-26-70-30-76-32)82-52(96)41(28-86)83-54(98)45(60(103)17-3-2-4-18-60)85-46(90)34(61)9-5-19-71-56(62)63/h13-16,26,30,34-42,45,86,102-103H,2-12,17-25,27-29,61H2,1H3,(H,70,76)(H,75,91)(H,77,87)(H,78,94)(H,79,93)(H,80,97)(H,81,95)(H,82,96)(H,83,98)(H,84,92)(H,85,90)(H,88,89)(H,99,100)(H4,62,63,71)(H4,64,65,72)(H4,66,67,73)(H4,68,69,74)/t34-,35-,36-,37-,38-,39-,40-,41-,42-,45?/m0/s1.